The molecular weight excluding hydrogens is 535 g/mol. The quantitative estimate of drug-likeness (QED) is 0.385. The number of aliphatic hydroxyl groups excluding tert-OH is 2. The van der Waals surface area contributed by atoms with E-state index in [0.29, 0.717) is 26.1 Å². The first-order valence-corrected chi connectivity index (χ1v) is 15.0. The average molecular weight is 571 g/mol. The summed E-state index contributed by atoms with van der Waals surface area (Å²) < 4.78 is 51.4. The summed E-state index contributed by atoms with van der Waals surface area (Å²) in [4.78, 5) is 30.3. The Labute approximate surface area is 226 Å². The molecule has 4 aliphatic heterocycles. The van der Waals surface area contributed by atoms with Crippen LogP contribution in [0, 0.1) is 5.82 Å². The van der Waals surface area contributed by atoms with E-state index in [0.717, 1.165) is 16.1 Å². The number of ether oxygens (including phenoxy) is 2. The highest BCUT2D eigenvalue weighted by Gasteiger charge is 2.46. The molecule has 216 valence electrons. The third-order valence-corrected chi connectivity index (χ3v) is 9.15. The Bertz CT molecular complexity index is 1170. The number of hydrogen-bond acceptors (Lipinski definition) is 9. The molecule has 0 aromatic heterocycles. The van der Waals surface area contributed by atoms with Gasteiger partial charge in [-0.3, -0.25) is 14.5 Å². The lowest BCUT2D eigenvalue weighted by atomic mass is 10.0. The monoisotopic (exact) mass is 570 g/mol. The van der Waals surface area contributed by atoms with Crippen molar-refractivity contribution in [1.29, 1.82) is 0 Å². The fourth-order valence-corrected chi connectivity index (χ4v) is 6.75. The fourth-order valence-electron chi connectivity index (χ4n) is 5.89. The summed E-state index contributed by atoms with van der Waals surface area (Å²) >= 11 is 0. The molecule has 0 radical (unpaired) electrons. The van der Waals surface area contributed by atoms with Gasteiger partial charge in [0.1, 0.15) is 24.1 Å². The van der Waals surface area contributed by atoms with Crippen LogP contribution in [0.15, 0.2) is 24.3 Å². The number of aliphatic hydroxyl groups is 2. The molecule has 0 saturated carbocycles. The number of carbonyl (C=O) groups is 2. The van der Waals surface area contributed by atoms with Crippen LogP contribution in [0.5, 0.6) is 0 Å². The number of nitrogens with zero attached hydrogens (tertiary/aromatic N) is 3. The maximum Gasteiger partial charge on any atom is 0.240 e. The molecule has 3 N–H and O–H groups in total. The molecule has 0 unspecified atom stereocenters. The molecule has 1 aromatic rings. The first-order chi connectivity index (χ1) is 18.5. The number of amides is 2. The molecule has 4 aliphatic rings. The molecule has 14 heteroatoms. The summed E-state index contributed by atoms with van der Waals surface area (Å²) in [5, 5.41) is 24.1. The highest BCUT2D eigenvalue weighted by Crippen LogP contribution is 2.28. The lowest BCUT2D eigenvalue weighted by Crippen LogP contribution is -2.55. The Balaban J connectivity index is 1.42. The second-order valence-electron chi connectivity index (χ2n) is 10.8. The van der Waals surface area contributed by atoms with Crippen LogP contribution in [0.1, 0.15) is 18.4 Å². The molecule has 39 heavy (non-hydrogen) atoms. The number of halogens is 1. The molecule has 2 amide bonds. The number of sulfonamides is 1. The van der Waals surface area contributed by atoms with E-state index in [1.165, 1.54) is 12.1 Å². The minimum atomic E-state index is -3.76. The summed E-state index contributed by atoms with van der Waals surface area (Å²) in [6, 6.07) is 5.12. The van der Waals surface area contributed by atoms with Crippen molar-refractivity contribution in [2.24, 2.45) is 0 Å². The van der Waals surface area contributed by atoms with Crippen LogP contribution in [0.25, 0.3) is 0 Å². The molecule has 7 atom stereocenters. The zero-order valence-electron chi connectivity index (χ0n) is 21.7. The fraction of sp³-hybridized carbons (Fsp3) is 0.680. The second kappa shape index (κ2) is 11.4. The highest BCUT2D eigenvalue weighted by atomic mass is 32.2. The molecular formula is C25H35FN4O8S. The van der Waals surface area contributed by atoms with E-state index >= 15 is 0 Å². The van der Waals surface area contributed by atoms with Gasteiger partial charge in [0, 0.05) is 45.3 Å². The Morgan fingerprint density at radius 2 is 1.77 bits per heavy atom. The van der Waals surface area contributed by atoms with Gasteiger partial charge in [-0.15, -0.1) is 0 Å². The Morgan fingerprint density at radius 1 is 1.05 bits per heavy atom. The predicted molar refractivity (Wildman–Crippen MR) is 135 cm³/mol. The SMILES string of the molecule is CS(=O)(=O)N1C[C@@H]2CN(CCO2)C(=O)[C@@H]2C[C@@H](CN2Cc2ccc(F)cc2)NC(=O)C[C@@H]2O[C@H](C1)[C@@H](O)[C@H]2O. The number of hydrogen-bond donors (Lipinski definition) is 3. The Morgan fingerprint density at radius 3 is 2.49 bits per heavy atom. The average Bonchev–Trinajstić information content (AvgIpc) is 3.39. The maximum absolute atomic E-state index is 13.8. The standard InChI is InChI=1S/C25H35FN4O8S/c1-39(35,36)30-13-18-12-28(6-7-37-18)25(34)19-8-17(11-29(19)10-15-2-4-16(26)5-3-15)27-22(31)9-20-23(32)24(33)21(14-30)38-20/h2-5,17-21,23-24,32-33H,6-14H2,1H3,(H,27,31)/t17-,18-,19-,20-,21+,23-,24+/m0/s1. The van der Waals surface area contributed by atoms with Crippen molar-refractivity contribution in [3.05, 3.63) is 35.6 Å². The number of nitrogens with one attached hydrogen (secondary N) is 1. The van der Waals surface area contributed by atoms with Crippen molar-refractivity contribution in [3.8, 4) is 0 Å². The molecule has 1 aromatic carbocycles. The largest absolute Gasteiger partial charge is 0.388 e. The summed E-state index contributed by atoms with van der Waals surface area (Å²) in [5.41, 5.74) is 0.818. The third kappa shape index (κ3) is 6.42. The summed E-state index contributed by atoms with van der Waals surface area (Å²) in [7, 11) is -3.76. The van der Waals surface area contributed by atoms with Crippen molar-refractivity contribution in [3.63, 3.8) is 0 Å². The van der Waals surface area contributed by atoms with Crippen molar-refractivity contribution in [2.45, 2.75) is 62.0 Å². The van der Waals surface area contributed by atoms with Crippen LogP contribution < -0.4 is 5.32 Å². The lowest BCUT2D eigenvalue weighted by Gasteiger charge is -2.38. The normalized spacial score (nSPS) is 35.3. The zero-order valence-corrected chi connectivity index (χ0v) is 22.5. The van der Waals surface area contributed by atoms with E-state index in [2.05, 4.69) is 5.32 Å². The van der Waals surface area contributed by atoms with E-state index in [4.69, 9.17) is 9.47 Å². The van der Waals surface area contributed by atoms with Gasteiger partial charge in [-0.05, 0) is 24.1 Å². The molecule has 0 aliphatic carbocycles. The topological polar surface area (TPSA) is 149 Å². The molecule has 5 rings (SSSR count). The molecule has 12 nitrogen and oxygen atoms in total. The van der Waals surface area contributed by atoms with E-state index in [1.807, 2.05) is 4.90 Å². The van der Waals surface area contributed by atoms with Crippen LogP contribution in [0.2, 0.25) is 0 Å². The van der Waals surface area contributed by atoms with Crippen molar-refractivity contribution >= 4 is 21.8 Å². The second-order valence-corrected chi connectivity index (χ2v) is 12.8. The van der Waals surface area contributed by atoms with E-state index in [9.17, 15) is 32.6 Å². The maximum atomic E-state index is 13.8. The number of rotatable bonds is 3. The first-order valence-electron chi connectivity index (χ1n) is 13.1. The van der Waals surface area contributed by atoms with E-state index < -0.39 is 52.5 Å². The minimum Gasteiger partial charge on any atom is -0.388 e. The molecule has 0 spiro atoms. The predicted octanol–water partition coefficient (Wildman–Crippen LogP) is -1.73. The van der Waals surface area contributed by atoms with Crippen LogP contribution in [0.3, 0.4) is 0 Å². The number of likely N-dealkylation sites (tertiary alicyclic amines) is 1. The molecule has 4 fully saturated rings. The van der Waals surface area contributed by atoms with Crippen molar-refractivity contribution < 1.29 is 42.1 Å². The van der Waals surface area contributed by atoms with Gasteiger partial charge < -0.3 is 29.9 Å². The molecule has 4 heterocycles. The molecule has 6 bridgehead atoms. The van der Waals surface area contributed by atoms with Gasteiger partial charge in [-0.2, -0.15) is 4.31 Å². The van der Waals surface area contributed by atoms with Gasteiger partial charge in [0.15, 0.2) is 0 Å². The van der Waals surface area contributed by atoms with Gasteiger partial charge in [-0.1, -0.05) is 12.1 Å². The van der Waals surface area contributed by atoms with Crippen LogP contribution in [-0.4, -0.2) is 133 Å². The number of carbonyl (C=O) groups excluding carboxylic acids is 2. The Kier molecular flexibility index (Phi) is 8.25. The van der Waals surface area contributed by atoms with Gasteiger partial charge >= 0.3 is 0 Å². The van der Waals surface area contributed by atoms with Crippen molar-refractivity contribution in [1.82, 2.24) is 19.4 Å². The number of benzene rings is 1. The number of fused-ring (bicyclic) bond motifs is 6. The smallest absolute Gasteiger partial charge is 0.240 e. The minimum absolute atomic E-state index is 0.0664. The van der Waals surface area contributed by atoms with Crippen LogP contribution >= 0.6 is 0 Å². The lowest BCUT2D eigenvalue weighted by molar-refractivity contribution is -0.144. The van der Waals surface area contributed by atoms with Crippen LogP contribution in [-0.2, 0) is 35.6 Å². The summed E-state index contributed by atoms with van der Waals surface area (Å²) in [5.74, 6) is -0.916. The van der Waals surface area contributed by atoms with Gasteiger partial charge in [0.2, 0.25) is 21.8 Å². The zero-order chi connectivity index (χ0) is 27.9. The first kappa shape index (κ1) is 28.3. The highest BCUT2D eigenvalue weighted by molar-refractivity contribution is 7.88. The Hall–Kier alpha value is -2.20. The van der Waals surface area contributed by atoms with Crippen LogP contribution in [0.4, 0.5) is 4.39 Å². The summed E-state index contributed by atoms with van der Waals surface area (Å²) in [6.07, 6.45) is -4.26. The van der Waals surface area contributed by atoms with E-state index in [-0.39, 0.29) is 50.4 Å². The summed E-state index contributed by atoms with van der Waals surface area (Å²) in [6.45, 7) is 1.18. The number of morpholine rings is 1. The molecule has 4 saturated heterocycles. The van der Waals surface area contributed by atoms with E-state index in [1.54, 1.807) is 17.0 Å². The third-order valence-electron chi connectivity index (χ3n) is 7.91. The van der Waals surface area contributed by atoms with Gasteiger partial charge in [0.05, 0.1) is 37.5 Å². The van der Waals surface area contributed by atoms with Gasteiger partial charge in [0.25, 0.3) is 0 Å². The van der Waals surface area contributed by atoms with Crippen molar-refractivity contribution in [2.75, 3.05) is 45.6 Å². The van der Waals surface area contributed by atoms with Gasteiger partial charge in [-0.25, -0.2) is 12.8 Å².